The van der Waals surface area contributed by atoms with Gasteiger partial charge in [0.2, 0.25) is 5.91 Å². The Balaban J connectivity index is 1.92. The van der Waals surface area contributed by atoms with E-state index in [-0.39, 0.29) is 5.92 Å². The molecule has 0 bridgehead atoms. The van der Waals surface area contributed by atoms with E-state index in [0.29, 0.717) is 5.91 Å². The number of rotatable bonds is 4. The Morgan fingerprint density at radius 2 is 1.60 bits per heavy atom. The van der Waals surface area contributed by atoms with Gasteiger partial charge in [-0.3, -0.25) is 4.79 Å². The van der Waals surface area contributed by atoms with Gasteiger partial charge in [-0.25, -0.2) is 0 Å². The van der Waals surface area contributed by atoms with E-state index in [1.807, 2.05) is 4.90 Å². The van der Waals surface area contributed by atoms with E-state index in [1.165, 1.54) is 11.3 Å². The maximum absolute atomic E-state index is 12.4. The molecule has 0 N–H and O–H groups in total. The molecule has 1 aliphatic rings. The summed E-state index contributed by atoms with van der Waals surface area (Å²) < 4.78 is 0. The summed E-state index contributed by atoms with van der Waals surface area (Å²) in [4.78, 5) is 16.8. The van der Waals surface area contributed by atoms with Crippen molar-refractivity contribution in [3.63, 3.8) is 0 Å². The second kappa shape index (κ2) is 6.78. The Morgan fingerprint density at radius 3 is 2.10 bits per heavy atom. The topological polar surface area (TPSA) is 23.6 Å². The number of nitrogens with zero attached hydrogens (tertiary/aromatic N) is 2. The molecule has 1 heterocycles. The molecule has 0 aromatic heterocycles. The lowest BCUT2D eigenvalue weighted by Crippen LogP contribution is -2.50. The first-order chi connectivity index (χ1) is 9.65. The molecule has 3 heteroatoms. The van der Waals surface area contributed by atoms with Gasteiger partial charge in [0.05, 0.1) is 0 Å². The maximum Gasteiger partial charge on any atom is 0.225 e. The van der Waals surface area contributed by atoms with Crippen LogP contribution in [0.3, 0.4) is 0 Å². The number of hydrogen-bond donors (Lipinski definition) is 0. The van der Waals surface area contributed by atoms with Crippen molar-refractivity contribution in [3.05, 3.63) is 29.8 Å². The van der Waals surface area contributed by atoms with Crippen molar-refractivity contribution in [1.29, 1.82) is 0 Å². The Labute approximate surface area is 122 Å². The summed E-state index contributed by atoms with van der Waals surface area (Å²) in [6, 6.07) is 8.65. The van der Waals surface area contributed by atoms with E-state index in [4.69, 9.17) is 0 Å². The molecule has 1 aromatic carbocycles. The van der Waals surface area contributed by atoms with Gasteiger partial charge in [0.25, 0.3) is 0 Å². The van der Waals surface area contributed by atoms with Gasteiger partial charge in [-0.15, -0.1) is 0 Å². The zero-order valence-corrected chi connectivity index (χ0v) is 12.9. The fourth-order valence-electron chi connectivity index (χ4n) is 2.84. The minimum Gasteiger partial charge on any atom is -0.368 e. The monoisotopic (exact) mass is 274 g/mol. The van der Waals surface area contributed by atoms with Crippen LogP contribution in [0.2, 0.25) is 0 Å². The number of hydrogen-bond acceptors (Lipinski definition) is 2. The first-order valence-corrected chi connectivity index (χ1v) is 7.76. The van der Waals surface area contributed by atoms with Crippen LogP contribution in [-0.2, 0) is 4.79 Å². The molecule has 110 valence electrons. The molecule has 0 saturated carbocycles. The predicted octanol–water partition coefficient (Wildman–Crippen LogP) is 3.08. The van der Waals surface area contributed by atoms with Gasteiger partial charge in [0.1, 0.15) is 0 Å². The largest absolute Gasteiger partial charge is 0.368 e. The highest BCUT2D eigenvalue weighted by atomic mass is 16.2. The number of carbonyl (C=O) groups is 1. The van der Waals surface area contributed by atoms with Crippen molar-refractivity contribution in [2.24, 2.45) is 5.92 Å². The van der Waals surface area contributed by atoms with Crippen molar-refractivity contribution in [2.75, 3.05) is 31.1 Å². The van der Waals surface area contributed by atoms with Crippen molar-refractivity contribution in [3.8, 4) is 0 Å². The normalized spacial score (nSPS) is 15.8. The summed E-state index contributed by atoms with van der Waals surface area (Å²) in [7, 11) is 0. The van der Waals surface area contributed by atoms with Crippen LogP contribution in [0.4, 0.5) is 5.69 Å². The zero-order valence-electron chi connectivity index (χ0n) is 12.9. The molecule has 0 radical (unpaired) electrons. The standard InChI is InChI=1S/C17H26N2O/c1-4-15(5-2)17(20)19-12-10-18(11-13-19)16-8-6-14(3)7-9-16/h6-9,15H,4-5,10-13H2,1-3H3. The molecule has 1 aliphatic heterocycles. The summed E-state index contributed by atoms with van der Waals surface area (Å²) in [5.74, 6) is 0.555. The number of amides is 1. The van der Waals surface area contributed by atoms with Crippen LogP contribution >= 0.6 is 0 Å². The molecule has 1 amide bonds. The van der Waals surface area contributed by atoms with Gasteiger partial charge in [0.15, 0.2) is 0 Å². The number of carbonyl (C=O) groups excluding carboxylic acids is 1. The minimum absolute atomic E-state index is 0.209. The Hall–Kier alpha value is -1.51. The molecule has 3 nitrogen and oxygen atoms in total. The average molecular weight is 274 g/mol. The second-order valence-corrected chi connectivity index (χ2v) is 5.66. The highest BCUT2D eigenvalue weighted by Crippen LogP contribution is 2.19. The highest BCUT2D eigenvalue weighted by molar-refractivity contribution is 5.79. The third-order valence-electron chi connectivity index (χ3n) is 4.33. The van der Waals surface area contributed by atoms with E-state index >= 15 is 0 Å². The van der Waals surface area contributed by atoms with Crippen LogP contribution in [0, 0.1) is 12.8 Å². The molecule has 1 fully saturated rings. The summed E-state index contributed by atoms with van der Waals surface area (Å²) in [5.41, 5.74) is 2.56. The van der Waals surface area contributed by atoms with Crippen LogP contribution in [0.25, 0.3) is 0 Å². The van der Waals surface area contributed by atoms with Gasteiger partial charge in [-0.2, -0.15) is 0 Å². The number of aryl methyl sites for hydroxylation is 1. The molecular formula is C17H26N2O. The van der Waals surface area contributed by atoms with Crippen LogP contribution in [0.15, 0.2) is 24.3 Å². The quantitative estimate of drug-likeness (QED) is 0.842. The molecule has 0 unspecified atom stereocenters. The summed E-state index contributed by atoms with van der Waals surface area (Å²) >= 11 is 0. The van der Waals surface area contributed by atoms with Crippen molar-refractivity contribution in [1.82, 2.24) is 4.90 Å². The second-order valence-electron chi connectivity index (χ2n) is 5.66. The first-order valence-electron chi connectivity index (χ1n) is 7.76. The maximum atomic E-state index is 12.4. The van der Waals surface area contributed by atoms with Gasteiger partial charge in [0, 0.05) is 37.8 Å². The fraction of sp³-hybridized carbons (Fsp3) is 0.588. The molecule has 1 saturated heterocycles. The van der Waals surface area contributed by atoms with Gasteiger partial charge >= 0.3 is 0 Å². The predicted molar refractivity (Wildman–Crippen MR) is 84.0 cm³/mol. The molecule has 1 aromatic rings. The molecular weight excluding hydrogens is 248 g/mol. The lowest BCUT2D eigenvalue weighted by atomic mass is 10.0. The zero-order chi connectivity index (χ0) is 14.5. The molecule has 2 rings (SSSR count). The fourth-order valence-corrected chi connectivity index (χ4v) is 2.84. The number of piperazine rings is 1. The van der Waals surface area contributed by atoms with E-state index in [9.17, 15) is 4.79 Å². The van der Waals surface area contributed by atoms with E-state index in [1.54, 1.807) is 0 Å². The van der Waals surface area contributed by atoms with Crippen molar-refractivity contribution in [2.45, 2.75) is 33.6 Å². The molecule has 0 aliphatic carbocycles. The average Bonchev–Trinajstić information content (AvgIpc) is 2.49. The number of benzene rings is 1. The third kappa shape index (κ3) is 3.33. The highest BCUT2D eigenvalue weighted by Gasteiger charge is 2.25. The van der Waals surface area contributed by atoms with Crippen LogP contribution < -0.4 is 4.90 Å². The van der Waals surface area contributed by atoms with Crippen molar-refractivity contribution >= 4 is 11.6 Å². The van der Waals surface area contributed by atoms with Crippen LogP contribution in [-0.4, -0.2) is 37.0 Å². The van der Waals surface area contributed by atoms with Crippen molar-refractivity contribution < 1.29 is 4.79 Å². The van der Waals surface area contributed by atoms with Crippen LogP contribution in [0.5, 0.6) is 0 Å². The minimum atomic E-state index is 0.209. The van der Waals surface area contributed by atoms with Gasteiger partial charge < -0.3 is 9.80 Å². The summed E-state index contributed by atoms with van der Waals surface area (Å²) in [5, 5.41) is 0. The Morgan fingerprint density at radius 1 is 1.05 bits per heavy atom. The Bertz CT molecular complexity index is 429. The summed E-state index contributed by atoms with van der Waals surface area (Å²) in [6.45, 7) is 9.90. The smallest absolute Gasteiger partial charge is 0.225 e. The SMILES string of the molecule is CCC(CC)C(=O)N1CCN(c2ccc(C)cc2)CC1. The Kier molecular flexibility index (Phi) is 5.05. The van der Waals surface area contributed by atoms with Gasteiger partial charge in [-0.1, -0.05) is 31.5 Å². The lowest BCUT2D eigenvalue weighted by Gasteiger charge is -2.37. The lowest BCUT2D eigenvalue weighted by molar-refractivity contribution is -0.136. The van der Waals surface area contributed by atoms with E-state index in [2.05, 4.69) is 49.9 Å². The summed E-state index contributed by atoms with van der Waals surface area (Å²) in [6.07, 6.45) is 1.90. The van der Waals surface area contributed by atoms with E-state index in [0.717, 1.165) is 39.0 Å². The molecule has 20 heavy (non-hydrogen) atoms. The van der Waals surface area contributed by atoms with Gasteiger partial charge in [-0.05, 0) is 31.9 Å². The number of anilines is 1. The third-order valence-corrected chi connectivity index (χ3v) is 4.33. The first kappa shape index (κ1) is 14.9. The van der Waals surface area contributed by atoms with Crippen LogP contribution in [0.1, 0.15) is 32.3 Å². The molecule has 0 spiro atoms. The van der Waals surface area contributed by atoms with E-state index < -0.39 is 0 Å². The molecule has 0 atom stereocenters.